The van der Waals surface area contributed by atoms with Crippen LogP contribution in [0.1, 0.15) is 25.8 Å². The Balaban J connectivity index is 2.43. The molecular weight excluding hydrogens is 196 g/mol. The first-order valence-electron chi connectivity index (χ1n) is 5.08. The summed E-state index contributed by atoms with van der Waals surface area (Å²) < 4.78 is 5.46. The highest BCUT2D eigenvalue weighted by atomic mass is 32.1. The van der Waals surface area contributed by atoms with Crippen molar-refractivity contribution in [2.24, 2.45) is 0 Å². The number of aliphatic hydroxyl groups excluding tert-OH is 1. The lowest BCUT2D eigenvalue weighted by atomic mass is 10.0. The minimum Gasteiger partial charge on any atom is -0.390 e. The SMILES string of the molecule is CCOC(CC)C(O)Cc1ccsc1. The Kier molecular flexibility index (Phi) is 5.15. The number of ether oxygens (including phenoxy) is 1. The number of hydrogen-bond donors (Lipinski definition) is 1. The Bertz CT molecular complexity index is 233. The van der Waals surface area contributed by atoms with Crippen LogP contribution >= 0.6 is 11.3 Å². The van der Waals surface area contributed by atoms with E-state index in [0.717, 1.165) is 6.42 Å². The largest absolute Gasteiger partial charge is 0.390 e. The first-order valence-corrected chi connectivity index (χ1v) is 6.03. The van der Waals surface area contributed by atoms with E-state index in [9.17, 15) is 5.11 Å². The highest BCUT2D eigenvalue weighted by Gasteiger charge is 2.17. The van der Waals surface area contributed by atoms with Crippen molar-refractivity contribution in [2.75, 3.05) is 6.61 Å². The van der Waals surface area contributed by atoms with Gasteiger partial charge in [0.1, 0.15) is 0 Å². The number of rotatable bonds is 6. The molecule has 2 nitrogen and oxygen atoms in total. The van der Waals surface area contributed by atoms with Crippen molar-refractivity contribution in [3.63, 3.8) is 0 Å². The Morgan fingerprint density at radius 2 is 2.29 bits per heavy atom. The second kappa shape index (κ2) is 6.17. The maximum atomic E-state index is 9.89. The molecular formula is C11H18O2S. The van der Waals surface area contributed by atoms with Crippen LogP contribution in [0, 0.1) is 0 Å². The standard InChI is InChI=1S/C11H18O2S/c1-3-11(13-4-2)10(12)7-9-5-6-14-8-9/h5-6,8,10-12H,3-4,7H2,1-2H3. The van der Waals surface area contributed by atoms with Crippen molar-refractivity contribution in [1.29, 1.82) is 0 Å². The van der Waals surface area contributed by atoms with Crippen molar-refractivity contribution >= 4 is 11.3 Å². The molecule has 2 unspecified atom stereocenters. The zero-order valence-electron chi connectivity index (χ0n) is 8.77. The molecule has 2 atom stereocenters. The van der Waals surface area contributed by atoms with Gasteiger partial charge in [-0.25, -0.2) is 0 Å². The Morgan fingerprint density at radius 3 is 2.79 bits per heavy atom. The Labute approximate surface area is 89.5 Å². The molecule has 0 aliphatic rings. The number of thiophene rings is 1. The highest BCUT2D eigenvalue weighted by Crippen LogP contribution is 2.13. The van der Waals surface area contributed by atoms with Crippen molar-refractivity contribution in [3.8, 4) is 0 Å². The molecule has 80 valence electrons. The van der Waals surface area contributed by atoms with E-state index in [1.807, 2.05) is 25.3 Å². The van der Waals surface area contributed by atoms with Crippen LogP contribution in [0.15, 0.2) is 16.8 Å². The molecule has 1 aromatic rings. The predicted molar refractivity (Wildman–Crippen MR) is 59.7 cm³/mol. The van der Waals surface area contributed by atoms with Gasteiger partial charge < -0.3 is 9.84 Å². The fraction of sp³-hybridized carbons (Fsp3) is 0.636. The van der Waals surface area contributed by atoms with Crippen LogP contribution in [0.25, 0.3) is 0 Å². The summed E-state index contributed by atoms with van der Waals surface area (Å²) in [7, 11) is 0. The summed E-state index contributed by atoms with van der Waals surface area (Å²) in [5.41, 5.74) is 1.20. The van der Waals surface area contributed by atoms with Crippen molar-refractivity contribution in [3.05, 3.63) is 22.4 Å². The summed E-state index contributed by atoms with van der Waals surface area (Å²) in [5.74, 6) is 0. The molecule has 0 aliphatic heterocycles. The topological polar surface area (TPSA) is 29.5 Å². The molecule has 0 spiro atoms. The molecule has 0 amide bonds. The van der Waals surface area contributed by atoms with Crippen LogP contribution in [-0.4, -0.2) is 23.9 Å². The van der Waals surface area contributed by atoms with Gasteiger partial charge in [-0.05, 0) is 35.7 Å². The van der Waals surface area contributed by atoms with E-state index in [1.54, 1.807) is 11.3 Å². The summed E-state index contributed by atoms with van der Waals surface area (Å²) in [6, 6.07) is 2.05. The van der Waals surface area contributed by atoms with Crippen LogP contribution in [0.4, 0.5) is 0 Å². The molecule has 3 heteroatoms. The van der Waals surface area contributed by atoms with E-state index in [1.165, 1.54) is 5.56 Å². The van der Waals surface area contributed by atoms with Crippen LogP contribution in [0.3, 0.4) is 0 Å². The summed E-state index contributed by atoms with van der Waals surface area (Å²) in [4.78, 5) is 0. The average molecular weight is 214 g/mol. The second-order valence-electron chi connectivity index (χ2n) is 3.31. The molecule has 0 saturated carbocycles. The fourth-order valence-electron chi connectivity index (χ4n) is 1.50. The third-order valence-corrected chi connectivity index (χ3v) is 2.97. The molecule has 0 saturated heterocycles. The van der Waals surface area contributed by atoms with E-state index < -0.39 is 0 Å². The van der Waals surface area contributed by atoms with Gasteiger partial charge in [0.15, 0.2) is 0 Å². The Morgan fingerprint density at radius 1 is 1.50 bits per heavy atom. The van der Waals surface area contributed by atoms with Gasteiger partial charge in [0.25, 0.3) is 0 Å². The van der Waals surface area contributed by atoms with E-state index in [0.29, 0.717) is 13.0 Å². The fourth-order valence-corrected chi connectivity index (χ4v) is 2.18. The first kappa shape index (κ1) is 11.7. The quantitative estimate of drug-likeness (QED) is 0.788. The molecule has 1 N–H and O–H groups in total. The third kappa shape index (κ3) is 3.40. The van der Waals surface area contributed by atoms with Gasteiger partial charge in [-0.2, -0.15) is 11.3 Å². The van der Waals surface area contributed by atoms with Crippen LogP contribution in [0.5, 0.6) is 0 Å². The van der Waals surface area contributed by atoms with Crippen LogP contribution < -0.4 is 0 Å². The van der Waals surface area contributed by atoms with E-state index in [2.05, 4.69) is 5.38 Å². The molecule has 14 heavy (non-hydrogen) atoms. The van der Waals surface area contributed by atoms with Gasteiger partial charge in [0.2, 0.25) is 0 Å². The van der Waals surface area contributed by atoms with Crippen LogP contribution in [-0.2, 0) is 11.2 Å². The van der Waals surface area contributed by atoms with Gasteiger partial charge in [0, 0.05) is 13.0 Å². The maximum Gasteiger partial charge on any atom is 0.0842 e. The van der Waals surface area contributed by atoms with E-state index in [-0.39, 0.29) is 12.2 Å². The maximum absolute atomic E-state index is 9.89. The van der Waals surface area contributed by atoms with Crippen LogP contribution in [0.2, 0.25) is 0 Å². The molecule has 0 aromatic carbocycles. The lowest BCUT2D eigenvalue weighted by Gasteiger charge is -2.20. The van der Waals surface area contributed by atoms with Crippen molar-refractivity contribution in [1.82, 2.24) is 0 Å². The van der Waals surface area contributed by atoms with Gasteiger partial charge >= 0.3 is 0 Å². The Hall–Kier alpha value is -0.380. The molecule has 0 radical (unpaired) electrons. The molecule has 1 aromatic heterocycles. The third-order valence-electron chi connectivity index (χ3n) is 2.24. The lowest BCUT2D eigenvalue weighted by Crippen LogP contribution is -2.30. The summed E-state index contributed by atoms with van der Waals surface area (Å²) in [6.45, 7) is 4.66. The predicted octanol–water partition coefficient (Wildman–Crippen LogP) is 2.47. The lowest BCUT2D eigenvalue weighted by molar-refractivity contribution is -0.0334. The van der Waals surface area contributed by atoms with Gasteiger partial charge in [0.05, 0.1) is 12.2 Å². The van der Waals surface area contributed by atoms with E-state index in [4.69, 9.17) is 4.74 Å². The molecule has 0 aliphatic carbocycles. The molecule has 1 heterocycles. The van der Waals surface area contributed by atoms with Gasteiger partial charge in [-0.1, -0.05) is 6.92 Å². The molecule has 1 rings (SSSR count). The second-order valence-corrected chi connectivity index (χ2v) is 4.09. The van der Waals surface area contributed by atoms with Gasteiger partial charge in [-0.15, -0.1) is 0 Å². The van der Waals surface area contributed by atoms with E-state index >= 15 is 0 Å². The monoisotopic (exact) mass is 214 g/mol. The smallest absolute Gasteiger partial charge is 0.0842 e. The number of hydrogen-bond acceptors (Lipinski definition) is 3. The minimum atomic E-state index is -0.380. The number of aliphatic hydroxyl groups is 1. The molecule has 0 fully saturated rings. The highest BCUT2D eigenvalue weighted by molar-refractivity contribution is 7.07. The minimum absolute atomic E-state index is 0.0279. The summed E-state index contributed by atoms with van der Waals surface area (Å²) >= 11 is 1.66. The van der Waals surface area contributed by atoms with Crippen molar-refractivity contribution in [2.45, 2.75) is 38.9 Å². The first-order chi connectivity index (χ1) is 6.77. The zero-order chi connectivity index (χ0) is 10.4. The normalized spacial score (nSPS) is 15.4. The zero-order valence-corrected chi connectivity index (χ0v) is 9.59. The summed E-state index contributed by atoms with van der Waals surface area (Å²) in [6.07, 6.45) is 1.15. The average Bonchev–Trinajstić information content (AvgIpc) is 2.66. The summed E-state index contributed by atoms with van der Waals surface area (Å²) in [5, 5.41) is 14.0. The van der Waals surface area contributed by atoms with Gasteiger partial charge in [-0.3, -0.25) is 0 Å². The van der Waals surface area contributed by atoms with Crippen molar-refractivity contribution < 1.29 is 9.84 Å². The molecule has 0 bridgehead atoms.